The van der Waals surface area contributed by atoms with Crippen molar-refractivity contribution in [3.05, 3.63) is 83.7 Å². The molecule has 2 aromatic heterocycles. The summed E-state index contributed by atoms with van der Waals surface area (Å²) in [5.74, 6) is 2.02. The second kappa shape index (κ2) is 8.67. The Morgan fingerprint density at radius 3 is 2.41 bits per heavy atom. The van der Waals surface area contributed by atoms with Crippen molar-refractivity contribution >= 4 is 11.6 Å². The molecule has 4 nitrogen and oxygen atoms in total. The highest BCUT2D eigenvalue weighted by Gasteiger charge is 2.12. The summed E-state index contributed by atoms with van der Waals surface area (Å²) in [5, 5.41) is 3.42. The molecule has 0 unspecified atom stereocenters. The number of rotatable bonds is 7. The fourth-order valence-corrected chi connectivity index (χ4v) is 3.51. The van der Waals surface area contributed by atoms with Crippen LogP contribution in [0.4, 0.5) is 11.6 Å². The SMILES string of the molecule is c1ccc(CCc2ccnc(NCc3ccc(N4CCCC4)nc3)c2)cc1. The highest BCUT2D eigenvalue weighted by atomic mass is 15.2. The van der Waals surface area contributed by atoms with Gasteiger partial charge >= 0.3 is 0 Å². The zero-order valence-corrected chi connectivity index (χ0v) is 15.6. The van der Waals surface area contributed by atoms with Crippen molar-refractivity contribution in [1.29, 1.82) is 0 Å². The van der Waals surface area contributed by atoms with E-state index in [4.69, 9.17) is 0 Å². The molecular weight excluding hydrogens is 332 g/mol. The number of anilines is 2. The Morgan fingerprint density at radius 1 is 0.815 bits per heavy atom. The first-order valence-corrected chi connectivity index (χ1v) is 9.79. The molecule has 1 aliphatic heterocycles. The van der Waals surface area contributed by atoms with Gasteiger partial charge in [0, 0.05) is 32.0 Å². The fourth-order valence-electron chi connectivity index (χ4n) is 3.51. The van der Waals surface area contributed by atoms with Gasteiger partial charge in [-0.1, -0.05) is 36.4 Å². The molecule has 0 saturated carbocycles. The van der Waals surface area contributed by atoms with Crippen molar-refractivity contribution in [2.75, 3.05) is 23.3 Å². The number of benzene rings is 1. The van der Waals surface area contributed by atoms with Gasteiger partial charge in [-0.3, -0.25) is 0 Å². The van der Waals surface area contributed by atoms with E-state index in [1.54, 1.807) is 0 Å². The number of hydrogen-bond donors (Lipinski definition) is 1. The molecule has 0 atom stereocenters. The molecule has 0 amide bonds. The summed E-state index contributed by atoms with van der Waals surface area (Å²) in [6.45, 7) is 3.00. The van der Waals surface area contributed by atoms with Gasteiger partial charge in [0.1, 0.15) is 11.6 Å². The summed E-state index contributed by atoms with van der Waals surface area (Å²) in [7, 11) is 0. The highest BCUT2D eigenvalue weighted by molar-refractivity contribution is 5.42. The predicted molar refractivity (Wildman–Crippen MR) is 111 cm³/mol. The molecule has 0 spiro atoms. The Kier molecular flexibility index (Phi) is 5.63. The zero-order valence-electron chi connectivity index (χ0n) is 15.6. The Hall–Kier alpha value is -2.88. The van der Waals surface area contributed by atoms with E-state index in [0.29, 0.717) is 0 Å². The number of nitrogens with one attached hydrogen (secondary N) is 1. The summed E-state index contributed by atoms with van der Waals surface area (Å²) in [4.78, 5) is 11.4. The smallest absolute Gasteiger partial charge is 0.128 e. The number of pyridine rings is 2. The average molecular weight is 358 g/mol. The van der Waals surface area contributed by atoms with Crippen molar-refractivity contribution in [2.45, 2.75) is 32.2 Å². The Bertz CT molecular complexity index is 840. The van der Waals surface area contributed by atoms with Crippen LogP contribution in [0.15, 0.2) is 67.0 Å². The maximum atomic E-state index is 4.62. The molecule has 3 aromatic rings. The number of aromatic nitrogens is 2. The first kappa shape index (κ1) is 17.5. The number of hydrogen-bond acceptors (Lipinski definition) is 4. The van der Waals surface area contributed by atoms with E-state index in [2.05, 4.69) is 74.8 Å². The van der Waals surface area contributed by atoms with E-state index < -0.39 is 0 Å². The maximum absolute atomic E-state index is 4.62. The number of aryl methyl sites for hydroxylation is 2. The minimum absolute atomic E-state index is 0.739. The molecule has 27 heavy (non-hydrogen) atoms. The van der Waals surface area contributed by atoms with Gasteiger partial charge in [-0.25, -0.2) is 9.97 Å². The zero-order chi connectivity index (χ0) is 18.3. The third kappa shape index (κ3) is 4.85. The molecule has 1 fully saturated rings. The Labute approximate surface area is 161 Å². The lowest BCUT2D eigenvalue weighted by Gasteiger charge is -2.16. The van der Waals surface area contributed by atoms with Crippen LogP contribution in [0.5, 0.6) is 0 Å². The van der Waals surface area contributed by atoms with Crippen LogP contribution in [0.25, 0.3) is 0 Å². The van der Waals surface area contributed by atoms with Crippen molar-refractivity contribution in [3.8, 4) is 0 Å². The lowest BCUT2D eigenvalue weighted by Crippen LogP contribution is -2.18. The van der Waals surface area contributed by atoms with E-state index in [0.717, 1.165) is 44.1 Å². The minimum Gasteiger partial charge on any atom is -0.366 e. The molecule has 1 N–H and O–H groups in total. The van der Waals surface area contributed by atoms with Gasteiger partial charge in [0.15, 0.2) is 0 Å². The van der Waals surface area contributed by atoms with Gasteiger partial charge in [0.25, 0.3) is 0 Å². The van der Waals surface area contributed by atoms with Crippen LogP contribution in [0.3, 0.4) is 0 Å². The molecule has 0 aliphatic carbocycles. The van der Waals surface area contributed by atoms with E-state index in [9.17, 15) is 0 Å². The van der Waals surface area contributed by atoms with Crippen LogP contribution in [0.2, 0.25) is 0 Å². The summed E-state index contributed by atoms with van der Waals surface area (Å²) in [6, 6.07) is 19.1. The van der Waals surface area contributed by atoms with Gasteiger partial charge in [0.2, 0.25) is 0 Å². The molecule has 3 heterocycles. The van der Waals surface area contributed by atoms with Crippen LogP contribution >= 0.6 is 0 Å². The molecule has 4 rings (SSSR count). The Balaban J connectivity index is 1.31. The molecule has 0 radical (unpaired) electrons. The van der Waals surface area contributed by atoms with Crippen molar-refractivity contribution < 1.29 is 0 Å². The van der Waals surface area contributed by atoms with Crippen molar-refractivity contribution in [1.82, 2.24) is 9.97 Å². The molecular formula is C23H26N4. The lowest BCUT2D eigenvalue weighted by molar-refractivity contribution is 0.931. The summed E-state index contributed by atoms with van der Waals surface area (Å²) in [6.07, 6.45) is 8.48. The second-order valence-corrected chi connectivity index (χ2v) is 7.11. The normalized spacial score (nSPS) is 13.7. The molecule has 1 aromatic carbocycles. The maximum Gasteiger partial charge on any atom is 0.128 e. The van der Waals surface area contributed by atoms with E-state index >= 15 is 0 Å². The van der Waals surface area contributed by atoms with Crippen LogP contribution in [0, 0.1) is 0 Å². The van der Waals surface area contributed by atoms with Gasteiger partial charge in [0.05, 0.1) is 0 Å². The van der Waals surface area contributed by atoms with Gasteiger partial charge in [-0.05, 0) is 60.6 Å². The Morgan fingerprint density at radius 2 is 1.63 bits per heavy atom. The van der Waals surface area contributed by atoms with Crippen molar-refractivity contribution in [3.63, 3.8) is 0 Å². The van der Waals surface area contributed by atoms with E-state index in [1.807, 2.05) is 12.4 Å². The summed E-state index contributed by atoms with van der Waals surface area (Å²) >= 11 is 0. The fraction of sp³-hybridized carbons (Fsp3) is 0.304. The van der Waals surface area contributed by atoms with Crippen molar-refractivity contribution in [2.24, 2.45) is 0 Å². The molecule has 1 aliphatic rings. The average Bonchev–Trinajstić information content (AvgIpc) is 3.27. The molecule has 4 heteroatoms. The van der Waals surface area contributed by atoms with Crippen LogP contribution in [-0.4, -0.2) is 23.1 Å². The molecule has 138 valence electrons. The largest absolute Gasteiger partial charge is 0.366 e. The number of nitrogens with zero attached hydrogens (tertiary/aromatic N) is 3. The third-order valence-corrected chi connectivity index (χ3v) is 5.08. The van der Waals surface area contributed by atoms with Gasteiger partial charge in [-0.2, -0.15) is 0 Å². The standard InChI is InChI=1S/C23H26N4/c1-2-6-19(7-3-1)8-9-20-12-13-24-22(16-20)25-17-21-10-11-23(26-18-21)27-14-4-5-15-27/h1-3,6-7,10-13,16,18H,4-5,8-9,14-15,17H2,(H,24,25). The topological polar surface area (TPSA) is 41.1 Å². The molecule has 1 saturated heterocycles. The van der Waals surface area contributed by atoms with E-state index in [1.165, 1.54) is 29.5 Å². The first-order valence-electron chi connectivity index (χ1n) is 9.79. The lowest BCUT2D eigenvalue weighted by atomic mass is 10.1. The molecule has 0 bridgehead atoms. The van der Waals surface area contributed by atoms with Crippen LogP contribution < -0.4 is 10.2 Å². The summed E-state index contributed by atoms with van der Waals surface area (Å²) < 4.78 is 0. The second-order valence-electron chi connectivity index (χ2n) is 7.11. The van der Waals surface area contributed by atoms with E-state index in [-0.39, 0.29) is 0 Å². The first-order chi connectivity index (χ1) is 13.4. The summed E-state index contributed by atoms with van der Waals surface area (Å²) in [5.41, 5.74) is 3.85. The quantitative estimate of drug-likeness (QED) is 0.676. The third-order valence-electron chi connectivity index (χ3n) is 5.08. The van der Waals surface area contributed by atoms with Crippen LogP contribution in [-0.2, 0) is 19.4 Å². The van der Waals surface area contributed by atoms with Gasteiger partial charge < -0.3 is 10.2 Å². The minimum atomic E-state index is 0.739. The van der Waals surface area contributed by atoms with Crippen LogP contribution in [0.1, 0.15) is 29.5 Å². The van der Waals surface area contributed by atoms with Gasteiger partial charge in [-0.15, -0.1) is 0 Å². The predicted octanol–water partition coefficient (Wildman–Crippen LogP) is 4.47. The highest BCUT2D eigenvalue weighted by Crippen LogP contribution is 2.18. The monoisotopic (exact) mass is 358 g/mol.